The third-order valence-corrected chi connectivity index (χ3v) is 2.44. The summed E-state index contributed by atoms with van der Waals surface area (Å²) < 4.78 is 1.69. The summed E-state index contributed by atoms with van der Waals surface area (Å²) in [6.07, 6.45) is 4.96. The van der Waals surface area contributed by atoms with Crippen LogP contribution in [0.25, 0.3) is 5.82 Å². The van der Waals surface area contributed by atoms with Crippen LogP contribution in [0.2, 0.25) is 0 Å². The van der Waals surface area contributed by atoms with Crippen molar-refractivity contribution >= 4 is 5.97 Å². The Bertz CT molecular complexity index is 533. The van der Waals surface area contributed by atoms with Gasteiger partial charge in [0, 0.05) is 18.1 Å². The summed E-state index contributed by atoms with van der Waals surface area (Å²) in [5, 5.41) is 9.06. The Morgan fingerprint density at radius 2 is 2.18 bits per heavy atom. The second-order valence-corrected chi connectivity index (χ2v) is 4.07. The molecule has 0 fully saturated rings. The number of hydrogen-bond donors (Lipinski definition) is 1. The SMILES string of the molecule is CC(C)c1cc(C(=O)O)cc(-n2ccnc2)n1. The molecule has 1 N–H and O–H groups in total. The topological polar surface area (TPSA) is 68.0 Å². The van der Waals surface area contributed by atoms with Crippen LogP contribution in [0.1, 0.15) is 35.8 Å². The molecular formula is C12H13N3O2. The van der Waals surface area contributed by atoms with Crippen molar-refractivity contribution in [3.63, 3.8) is 0 Å². The normalized spacial score (nSPS) is 10.8. The van der Waals surface area contributed by atoms with Crippen LogP contribution in [0.15, 0.2) is 30.9 Å². The number of hydrogen-bond acceptors (Lipinski definition) is 3. The van der Waals surface area contributed by atoms with Crippen molar-refractivity contribution in [2.75, 3.05) is 0 Å². The van der Waals surface area contributed by atoms with E-state index in [1.165, 1.54) is 6.07 Å². The largest absolute Gasteiger partial charge is 0.478 e. The van der Waals surface area contributed by atoms with Crippen LogP contribution in [0.3, 0.4) is 0 Å². The van der Waals surface area contributed by atoms with E-state index < -0.39 is 5.97 Å². The van der Waals surface area contributed by atoms with E-state index in [2.05, 4.69) is 9.97 Å². The third-order valence-electron chi connectivity index (χ3n) is 2.44. The molecule has 0 atom stereocenters. The predicted molar refractivity (Wildman–Crippen MR) is 62.4 cm³/mol. The molecule has 2 heterocycles. The maximum Gasteiger partial charge on any atom is 0.335 e. The summed E-state index contributed by atoms with van der Waals surface area (Å²) in [4.78, 5) is 19.4. The third kappa shape index (κ3) is 2.33. The number of nitrogens with zero attached hydrogens (tertiary/aromatic N) is 3. The van der Waals surface area contributed by atoms with E-state index >= 15 is 0 Å². The van der Waals surface area contributed by atoms with E-state index in [1.54, 1.807) is 29.4 Å². The zero-order valence-corrected chi connectivity index (χ0v) is 9.66. The van der Waals surface area contributed by atoms with Crippen molar-refractivity contribution in [2.24, 2.45) is 0 Å². The number of carboxylic acid groups (broad SMARTS) is 1. The fourth-order valence-corrected chi connectivity index (χ4v) is 1.48. The predicted octanol–water partition coefficient (Wildman–Crippen LogP) is 2.09. The molecule has 0 radical (unpaired) electrons. The Balaban J connectivity index is 2.56. The van der Waals surface area contributed by atoms with Crippen molar-refractivity contribution in [1.82, 2.24) is 14.5 Å². The average molecular weight is 231 g/mol. The molecule has 0 bridgehead atoms. The van der Waals surface area contributed by atoms with Crippen molar-refractivity contribution in [1.29, 1.82) is 0 Å². The Labute approximate surface area is 98.8 Å². The first kappa shape index (κ1) is 11.3. The molecule has 5 nitrogen and oxygen atoms in total. The summed E-state index contributed by atoms with van der Waals surface area (Å²) in [5.41, 5.74) is 1.00. The van der Waals surface area contributed by atoms with E-state index in [4.69, 9.17) is 5.11 Å². The molecule has 0 aliphatic carbocycles. The Kier molecular flexibility index (Phi) is 2.91. The molecule has 0 aromatic carbocycles. The van der Waals surface area contributed by atoms with Crippen molar-refractivity contribution in [3.8, 4) is 5.82 Å². The van der Waals surface area contributed by atoms with Gasteiger partial charge in [-0.25, -0.2) is 14.8 Å². The molecule has 0 aliphatic heterocycles. The van der Waals surface area contributed by atoms with Crippen LogP contribution in [0.5, 0.6) is 0 Å². The minimum Gasteiger partial charge on any atom is -0.478 e. The first-order chi connectivity index (χ1) is 8.08. The highest BCUT2D eigenvalue weighted by molar-refractivity contribution is 5.88. The van der Waals surface area contributed by atoms with E-state index in [9.17, 15) is 4.79 Å². The fourth-order valence-electron chi connectivity index (χ4n) is 1.48. The van der Waals surface area contributed by atoms with Gasteiger partial charge >= 0.3 is 5.97 Å². The molecule has 0 unspecified atom stereocenters. The van der Waals surface area contributed by atoms with Crippen LogP contribution in [-0.4, -0.2) is 25.6 Å². The highest BCUT2D eigenvalue weighted by atomic mass is 16.4. The van der Waals surface area contributed by atoms with Crippen LogP contribution in [-0.2, 0) is 0 Å². The summed E-state index contributed by atoms with van der Waals surface area (Å²) in [7, 11) is 0. The van der Waals surface area contributed by atoms with Crippen molar-refractivity contribution < 1.29 is 9.90 Å². The van der Waals surface area contributed by atoms with Gasteiger partial charge in [0.05, 0.1) is 5.56 Å². The second kappa shape index (κ2) is 4.37. The molecule has 0 saturated heterocycles. The van der Waals surface area contributed by atoms with Gasteiger partial charge in [-0.1, -0.05) is 13.8 Å². The lowest BCUT2D eigenvalue weighted by molar-refractivity contribution is 0.0696. The molecule has 2 aromatic rings. The minimum absolute atomic E-state index is 0.177. The smallest absolute Gasteiger partial charge is 0.335 e. The summed E-state index contributed by atoms with van der Waals surface area (Å²) in [5.74, 6) is -0.196. The second-order valence-electron chi connectivity index (χ2n) is 4.07. The molecule has 5 heteroatoms. The van der Waals surface area contributed by atoms with E-state index in [1.807, 2.05) is 13.8 Å². The molecule has 0 spiro atoms. The van der Waals surface area contributed by atoms with Crippen LogP contribution < -0.4 is 0 Å². The molecule has 2 aromatic heterocycles. The lowest BCUT2D eigenvalue weighted by Gasteiger charge is -2.09. The number of aromatic carboxylic acids is 1. The maximum atomic E-state index is 11.0. The summed E-state index contributed by atoms with van der Waals surface area (Å²) in [6.45, 7) is 3.96. The Morgan fingerprint density at radius 3 is 2.71 bits per heavy atom. The lowest BCUT2D eigenvalue weighted by atomic mass is 10.1. The summed E-state index contributed by atoms with van der Waals surface area (Å²) in [6, 6.07) is 3.14. The van der Waals surface area contributed by atoms with Crippen LogP contribution in [0.4, 0.5) is 0 Å². The quantitative estimate of drug-likeness (QED) is 0.878. The monoisotopic (exact) mass is 231 g/mol. The number of aromatic nitrogens is 3. The number of carboxylic acids is 1. The van der Waals surface area contributed by atoms with Gasteiger partial charge in [0.1, 0.15) is 12.1 Å². The highest BCUT2D eigenvalue weighted by Gasteiger charge is 2.11. The van der Waals surface area contributed by atoms with Crippen molar-refractivity contribution in [3.05, 3.63) is 42.1 Å². The van der Waals surface area contributed by atoms with E-state index in [0.29, 0.717) is 5.82 Å². The van der Waals surface area contributed by atoms with Gasteiger partial charge in [0.15, 0.2) is 0 Å². The molecule has 0 saturated carbocycles. The average Bonchev–Trinajstić information content (AvgIpc) is 2.81. The standard InChI is InChI=1S/C12H13N3O2/c1-8(2)10-5-9(12(16)17)6-11(14-10)15-4-3-13-7-15/h3-8H,1-2H3,(H,16,17). The minimum atomic E-state index is -0.948. The van der Waals surface area contributed by atoms with Gasteiger partial charge < -0.3 is 5.11 Å². The molecule has 0 aliphatic rings. The summed E-state index contributed by atoms with van der Waals surface area (Å²) >= 11 is 0. The van der Waals surface area contributed by atoms with Gasteiger partial charge in [0.2, 0.25) is 0 Å². The van der Waals surface area contributed by atoms with E-state index in [-0.39, 0.29) is 11.5 Å². The number of pyridine rings is 1. The van der Waals surface area contributed by atoms with Gasteiger partial charge in [-0.3, -0.25) is 4.57 Å². The van der Waals surface area contributed by atoms with Gasteiger partial charge in [-0.15, -0.1) is 0 Å². The highest BCUT2D eigenvalue weighted by Crippen LogP contribution is 2.17. The van der Waals surface area contributed by atoms with Crippen molar-refractivity contribution in [2.45, 2.75) is 19.8 Å². The van der Waals surface area contributed by atoms with E-state index in [0.717, 1.165) is 5.69 Å². The fraction of sp³-hybridized carbons (Fsp3) is 0.250. The van der Waals surface area contributed by atoms with Gasteiger partial charge in [0.25, 0.3) is 0 Å². The Morgan fingerprint density at radius 1 is 1.41 bits per heavy atom. The first-order valence-corrected chi connectivity index (χ1v) is 5.31. The molecule has 2 rings (SSSR count). The maximum absolute atomic E-state index is 11.0. The number of rotatable bonds is 3. The van der Waals surface area contributed by atoms with Gasteiger partial charge in [-0.2, -0.15) is 0 Å². The molecular weight excluding hydrogens is 218 g/mol. The van der Waals surface area contributed by atoms with Crippen LogP contribution >= 0.6 is 0 Å². The molecule has 17 heavy (non-hydrogen) atoms. The number of carbonyl (C=O) groups is 1. The van der Waals surface area contributed by atoms with Gasteiger partial charge in [-0.05, 0) is 18.1 Å². The lowest BCUT2D eigenvalue weighted by Crippen LogP contribution is -2.05. The zero-order chi connectivity index (χ0) is 12.4. The Hall–Kier alpha value is -2.17. The first-order valence-electron chi connectivity index (χ1n) is 5.31. The van der Waals surface area contributed by atoms with Crippen LogP contribution in [0, 0.1) is 0 Å². The molecule has 88 valence electrons. The number of imidazole rings is 1. The molecule has 0 amide bonds. The zero-order valence-electron chi connectivity index (χ0n) is 9.66.